The van der Waals surface area contributed by atoms with Crippen molar-refractivity contribution in [2.24, 2.45) is 0 Å². The first-order chi connectivity index (χ1) is 7.77. The highest BCUT2D eigenvalue weighted by Crippen LogP contribution is 2.23. The summed E-state index contributed by atoms with van der Waals surface area (Å²) < 4.78 is 5.30. The number of ether oxygens (including phenoxy) is 1. The standard InChI is InChI=1S/C13H20ClNO/c1-3-8-15-9-4-5-11-10-12(14)6-7-13(11)16-2/h6-7,10,15H,3-5,8-9H2,1-2H3. The average molecular weight is 242 g/mol. The molecule has 90 valence electrons. The molecular formula is C13H20ClNO. The molecule has 0 saturated carbocycles. The van der Waals surface area contributed by atoms with Gasteiger partial charge in [-0.15, -0.1) is 0 Å². The van der Waals surface area contributed by atoms with Gasteiger partial charge in [-0.05, 0) is 56.1 Å². The maximum absolute atomic E-state index is 5.97. The van der Waals surface area contributed by atoms with E-state index in [1.165, 1.54) is 12.0 Å². The lowest BCUT2D eigenvalue weighted by Gasteiger charge is -2.09. The number of aryl methyl sites for hydroxylation is 1. The third kappa shape index (κ3) is 4.42. The largest absolute Gasteiger partial charge is 0.496 e. The van der Waals surface area contributed by atoms with E-state index >= 15 is 0 Å². The maximum atomic E-state index is 5.97. The summed E-state index contributed by atoms with van der Waals surface area (Å²) in [6.07, 6.45) is 3.29. The molecular weight excluding hydrogens is 222 g/mol. The van der Waals surface area contributed by atoms with E-state index in [1.807, 2.05) is 18.2 Å². The molecule has 0 radical (unpaired) electrons. The molecule has 2 nitrogen and oxygen atoms in total. The van der Waals surface area contributed by atoms with E-state index in [2.05, 4.69) is 12.2 Å². The van der Waals surface area contributed by atoms with Crippen molar-refractivity contribution in [3.8, 4) is 5.75 Å². The second kappa shape index (κ2) is 7.53. The number of methoxy groups -OCH3 is 1. The van der Waals surface area contributed by atoms with Crippen LogP contribution in [0.5, 0.6) is 5.75 Å². The number of benzene rings is 1. The predicted octanol–water partition coefficient (Wildman–Crippen LogP) is 3.28. The van der Waals surface area contributed by atoms with Crippen LogP contribution in [0.2, 0.25) is 5.02 Å². The molecule has 0 aliphatic heterocycles. The van der Waals surface area contributed by atoms with E-state index in [9.17, 15) is 0 Å². The third-order valence-electron chi connectivity index (χ3n) is 2.47. The van der Waals surface area contributed by atoms with Crippen molar-refractivity contribution in [1.29, 1.82) is 0 Å². The van der Waals surface area contributed by atoms with Crippen molar-refractivity contribution in [1.82, 2.24) is 5.32 Å². The number of rotatable bonds is 7. The van der Waals surface area contributed by atoms with Gasteiger partial charge >= 0.3 is 0 Å². The molecule has 0 amide bonds. The number of halogens is 1. The molecule has 0 unspecified atom stereocenters. The fourth-order valence-corrected chi connectivity index (χ4v) is 1.84. The zero-order valence-electron chi connectivity index (χ0n) is 10.1. The Hall–Kier alpha value is -0.730. The van der Waals surface area contributed by atoms with Crippen LogP contribution in [0.25, 0.3) is 0 Å². The van der Waals surface area contributed by atoms with Gasteiger partial charge < -0.3 is 10.1 Å². The zero-order chi connectivity index (χ0) is 11.8. The van der Waals surface area contributed by atoms with E-state index < -0.39 is 0 Å². The SMILES string of the molecule is CCCNCCCc1cc(Cl)ccc1OC. The van der Waals surface area contributed by atoms with Crippen molar-refractivity contribution in [3.63, 3.8) is 0 Å². The van der Waals surface area contributed by atoms with Gasteiger partial charge in [0.15, 0.2) is 0 Å². The molecule has 0 aliphatic rings. The average Bonchev–Trinajstić information content (AvgIpc) is 2.29. The summed E-state index contributed by atoms with van der Waals surface area (Å²) in [5, 5.41) is 4.16. The molecule has 1 aromatic rings. The van der Waals surface area contributed by atoms with Crippen molar-refractivity contribution in [2.75, 3.05) is 20.2 Å². The summed E-state index contributed by atoms with van der Waals surface area (Å²) >= 11 is 5.97. The smallest absolute Gasteiger partial charge is 0.122 e. The minimum absolute atomic E-state index is 0.775. The minimum Gasteiger partial charge on any atom is -0.496 e. The maximum Gasteiger partial charge on any atom is 0.122 e. The van der Waals surface area contributed by atoms with Crippen LogP contribution in [-0.4, -0.2) is 20.2 Å². The number of nitrogens with one attached hydrogen (secondary N) is 1. The molecule has 0 heterocycles. The summed E-state index contributed by atoms with van der Waals surface area (Å²) in [6.45, 7) is 4.31. The first-order valence-electron chi connectivity index (χ1n) is 5.81. The Labute approximate surface area is 103 Å². The molecule has 3 heteroatoms. The molecule has 0 bridgehead atoms. The Kier molecular flexibility index (Phi) is 6.27. The molecule has 0 fully saturated rings. The molecule has 0 saturated heterocycles. The van der Waals surface area contributed by atoms with E-state index in [4.69, 9.17) is 16.3 Å². The fourth-order valence-electron chi connectivity index (χ4n) is 1.65. The van der Waals surface area contributed by atoms with Gasteiger partial charge in [0, 0.05) is 5.02 Å². The topological polar surface area (TPSA) is 21.3 Å². The van der Waals surface area contributed by atoms with E-state index in [1.54, 1.807) is 7.11 Å². The van der Waals surface area contributed by atoms with Gasteiger partial charge in [0.1, 0.15) is 5.75 Å². The third-order valence-corrected chi connectivity index (χ3v) is 2.70. The lowest BCUT2D eigenvalue weighted by Crippen LogP contribution is -2.16. The summed E-state index contributed by atoms with van der Waals surface area (Å²) in [4.78, 5) is 0. The first-order valence-corrected chi connectivity index (χ1v) is 6.19. The quantitative estimate of drug-likeness (QED) is 0.740. The van der Waals surface area contributed by atoms with E-state index in [0.717, 1.165) is 36.7 Å². The summed E-state index contributed by atoms with van der Waals surface area (Å²) in [6, 6.07) is 5.77. The molecule has 1 rings (SSSR count). The van der Waals surface area contributed by atoms with Crippen molar-refractivity contribution >= 4 is 11.6 Å². The fraction of sp³-hybridized carbons (Fsp3) is 0.538. The van der Waals surface area contributed by atoms with Crippen LogP contribution < -0.4 is 10.1 Å². The lowest BCUT2D eigenvalue weighted by atomic mass is 10.1. The van der Waals surface area contributed by atoms with Crippen molar-refractivity contribution in [3.05, 3.63) is 28.8 Å². The van der Waals surface area contributed by atoms with Crippen LogP contribution in [0.15, 0.2) is 18.2 Å². The van der Waals surface area contributed by atoms with Gasteiger partial charge in [0.05, 0.1) is 7.11 Å². The lowest BCUT2D eigenvalue weighted by molar-refractivity contribution is 0.409. The monoisotopic (exact) mass is 241 g/mol. The number of hydrogen-bond acceptors (Lipinski definition) is 2. The Morgan fingerprint density at radius 2 is 2.12 bits per heavy atom. The van der Waals surface area contributed by atoms with E-state index in [-0.39, 0.29) is 0 Å². The van der Waals surface area contributed by atoms with Crippen LogP contribution in [0.4, 0.5) is 0 Å². The molecule has 0 aliphatic carbocycles. The van der Waals surface area contributed by atoms with Gasteiger partial charge in [0.2, 0.25) is 0 Å². The Balaban J connectivity index is 2.42. The van der Waals surface area contributed by atoms with Gasteiger partial charge in [0.25, 0.3) is 0 Å². The highest BCUT2D eigenvalue weighted by Gasteiger charge is 2.03. The van der Waals surface area contributed by atoms with Gasteiger partial charge in [-0.1, -0.05) is 18.5 Å². The highest BCUT2D eigenvalue weighted by atomic mass is 35.5. The van der Waals surface area contributed by atoms with Crippen LogP contribution in [0.1, 0.15) is 25.3 Å². The zero-order valence-corrected chi connectivity index (χ0v) is 10.8. The Bertz CT molecular complexity index is 315. The summed E-state index contributed by atoms with van der Waals surface area (Å²) in [7, 11) is 1.70. The minimum atomic E-state index is 0.775. The second-order valence-electron chi connectivity index (χ2n) is 3.81. The molecule has 16 heavy (non-hydrogen) atoms. The highest BCUT2D eigenvalue weighted by molar-refractivity contribution is 6.30. The molecule has 0 spiro atoms. The van der Waals surface area contributed by atoms with Crippen molar-refractivity contribution in [2.45, 2.75) is 26.2 Å². The summed E-state index contributed by atoms with van der Waals surface area (Å²) in [5.41, 5.74) is 1.19. The van der Waals surface area contributed by atoms with Crippen LogP contribution in [0, 0.1) is 0 Å². The summed E-state index contributed by atoms with van der Waals surface area (Å²) in [5.74, 6) is 0.930. The van der Waals surface area contributed by atoms with Crippen LogP contribution in [0.3, 0.4) is 0 Å². The Morgan fingerprint density at radius 1 is 1.31 bits per heavy atom. The second-order valence-corrected chi connectivity index (χ2v) is 4.25. The van der Waals surface area contributed by atoms with Crippen molar-refractivity contribution < 1.29 is 4.74 Å². The van der Waals surface area contributed by atoms with Gasteiger partial charge in [-0.2, -0.15) is 0 Å². The predicted molar refractivity (Wildman–Crippen MR) is 69.5 cm³/mol. The van der Waals surface area contributed by atoms with Gasteiger partial charge in [-0.25, -0.2) is 0 Å². The van der Waals surface area contributed by atoms with E-state index in [0.29, 0.717) is 0 Å². The van der Waals surface area contributed by atoms with Gasteiger partial charge in [-0.3, -0.25) is 0 Å². The number of hydrogen-bond donors (Lipinski definition) is 1. The first kappa shape index (κ1) is 13.3. The van der Waals surface area contributed by atoms with Crippen LogP contribution >= 0.6 is 11.6 Å². The van der Waals surface area contributed by atoms with Crippen LogP contribution in [-0.2, 0) is 6.42 Å². The molecule has 1 N–H and O–H groups in total. The normalized spacial score (nSPS) is 10.4. The molecule has 0 atom stereocenters. The molecule has 0 aromatic heterocycles. The Morgan fingerprint density at radius 3 is 2.81 bits per heavy atom. The molecule has 1 aromatic carbocycles.